The Bertz CT molecular complexity index is 139. The number of hydrogen-bond acceptors (Lipinski definition) is 4. The molecule has 0 unspecified atom stereocenters. The maximum absolute atomic E-state index is 10.7. The highest BCUT2D eigenvalue weighted by atomic mass is 16.5. The number of esters is 1. The zero-order chi connectivity index (χ0) is 10.6. The van der Waals surface area contributed by atoms with Crippen molar-refractivity contribution in [3.63, 3.8) is 0 Å². The molecule has 0 aliphatic rings. The molecule has 0 saturated heterocycles. The van der Waals surface area contributed by atoms with Crippen molar-refractivity contribution >= 4 is 5.97 Å². The first-order valence-corrected chi connectivity index (χ1v) is 5.16. The predicted molar refractivity (Wildman–Crippen MR) is 55.2 cm³/mol. The van der Waals surface area contributed by atoms with Gasteiger partial charge in [-0.1, -0.05) is 13.3 Å². The van der Waals surface area contributed by atoms with E-state index in [0.29, 0.717) is 0 Å². The molecule has 0 aliphatic heterocycles. The molecule has 0 bridgehead atoms. The number of carbonyl (C=O) groups is 1. The molecule has 0 atom stereocenters. The maximum atomic E-state index is 10.7. The summed E-state index contributed by atoms with van der Waals surface area (Å²) < 4.78 is 9.83. The molecule has 0 heterocycles. The van der Waals surface area contributed by atoms with E-state index in [9.17, 15) is 4.79 Å². The molecule has 0 aliphatic carbocycles. The Balaban J connectivity index is 2.95. The Kier molecular flexibility index (Phi) is 10.0. The predicted octanol–water partition coefficient (Wildman–Crippen LogP) is 0.956. The monoisotopic (exact) mass is 203 g/mol. The quantitative estimate of drug-likeness (QED) is 0.448. The summed E-state index contributed by atoms with van der Waals surface area (Å²) in [6.45, 7) is 4.82. The number of ether oxygens (including phenoxy) is 2. The minimum Gasteiger partial charge on any atom is -0.468 e. The van der Waals surface area contributed by atoms with Crippen LogP contribution in [0.25, 0.3) is 0 Å². The first-order valence-electron chi connectivity index (χ1n) is 5.16. The van der Waals surface area contributed by atoms with Crippen LogP contribution in [0.5, 0.6) is 0 Å². The molecule has 84 valence electrons. The van der Waals surface area contributed by atoms with Gasteiger partial charge in [-0.25, -0.2) is 0 Å². The Morgan fingerprint density at radius 1 is 1.29 bits per heavy atom. The molecule has 0 fully saturated rings. The van der Waals surface area contributed by atoms with Crippen molar-refractivity contribution < 1.29 is 14.3 Å². The van der Waals surface area contributed by atoms with Gasteiger partial charge in [0.2, 0.25) is 0 Å². The van der Waals surface area contributed by atoms with Gasteiger partial charge < -0.3 is 14.8 Å². The summed E-state index contributed by atoms with van der Waals surface area (Å²) in [6.07, 6.45) is 3.22. The van der Waals surface area contributed by atoms with Gasteiger partial charge >= 0.3 is 5.97 Å². The molecule has 0 spiro atoms. The molecule has 0 amide bonds. The minimum atomic E-state index is -0.225. The number of carbonyl (C=O) groups excluding carboxylic acids is 1. The number of unbranched alkanes of at least 4 members (excludes halogenated alkanes) is 1. The highest BCUT2D eigenvalue weighted by Gasteiger charge is 1.97. The van der Waals surface area contributed by atoms with Crippen LogP contribution in [0.4, 0.5) is 0 Å². The van der Waals surface area contributed by atoms with Gasteiger partial charge in [0.1, 0.15) is 0 Å². The van der Waals surface area contributed by atoms with Crippen LogP contribution in [0, 0.1) is 0 Å². The van der Waals surface area contributed by atoms with E-state index in [-0.39, 0.29) is 12.5 Å². The highest BCUT2D eigenvalue weighted by molar-refractivity contribution is 5.71. The van der Waals surface area contributed by atoms with Crippen LogP contribution in [0.2, 0.25) is 0 Å². The van der Waals surface area contributed by atoms with E-state index >= 15 is 0 Å². The molecule has 0 aromatic carbocycles. The molecule has 4 heteroatoms. The van der Waals surface area contributed by atoms with Crippen molar-refractivity contribution in [1.29, 1.82) is 0 Å². The molecular formula is C10H21NO3. The molecule has 4 nitrogen and oxygen atoms in total. The Morgan fingerprint density at radius 3 is 2.64 bits per heavy atom. The smallest absolute Gasteiger partial charge is 0.319 e. The van der Waals surface area contributed by atoms with E-state index in [1.54, 1.807) is 0 Å². The normalized spacial score (nSPS) is 10.1. The minimum absolute atomic E-state index is 0.225. The third-order valence-electron chi connectivity index (χ3n) is 1.78. The summed E-state index contributed by atoms with van der Waals surface area (Å²) in [5.74, 6) is -0.225. The second kappa shape index (κ2) is 10.5. The Morgan fingerprint density at radius 2 is 2.00 bits per heavy atom. The zero-order valence-electron chi connectivity index (χ0n) is 9.17. The number of hydrogen-bond donors (Lipinski definition) is 1. The van der Waals surface area contributed by atoms with Crippen LogP contribution in [-0.4, -0.2) is 39.4 Å². The lowest BCUT2D eigenvalue weighted by Crippen LogP contribution is -2.25. The lowest BCUT2D eigenvalue weighted by Gasteiger charge is -2.04. The van der Waals surface area contributed by atoms with Crippen molar-refractivity contribution in [3.05, 3.63) is 0 Å². The van der Waals surface area contributed by atoms with Gasteiger partial charge in [0.05, 0.1) is 13.7 Å². The molecule has 0 rings (SSSR count). The molecule has 14 heavy (non-hydrogen) atoms. The first-order chi connectivity index (χ1) is 6.81. The van der Waals surface area contributed by atoms with Crippen LogP contribution in [0.3, 0.4) is 0 Å². The van der Waals surface area contributed by atoms with Crippen LogP contribution in [0.1, 0.15) is 26.2 Å². The number of nitrogens with one attached hydrogen (secondary N) is 1. The van der Waals surface area contributed by atoms with E-state index in [1.165, 1.54) is 13.5 Å². The van der Waals surface area contributed by atoms with Gasteiger partial charge in [-0.15, -0.1) is 0 Å². The zero-order valence-corrected chi connectivity index (χ0v) is 9.17. The largest absolute Gasteiger partial charge is 0.468 e. The molecule has 1 N–H and O–H groups in total. The van der Waals surface area contributed by atoms with Crippen molar-refractivity contribution in [3.8, 4) is 0 Å². The lowest BCUT2D eigenvalue weighted by molar-refractivity contribution is -0.139. The van der Waals surface area contributed by atoms with Gasteiger partial charge in [0, 0.05) is 13.2 Å². The third-order valence-corrected chi connectivity index (χ3v) is 1.78. The van der Waals surface area contributed by atoms with Crippen molar-refractivity contribution in [1.82, 2.24) is 5.32 Å². The summed E-state index contributed by atoms with van der Waals surface area (Å²) in [5, 5.41) is 2.97. The lowest BCUT2D eigenvalue weighted by atomic mass is 10.4. The van der Waals surface area contributed by atoms with Crippen LogP contribution >= 0.6 is 0 Å². The molecule has 0 saturated carbocycles. The fraction of sp³-hybridized carbons (Fsp3) is 0.900. The summed E-state index contributed by atoms with van der Waals surface area (Å²) in [4.78, 5) is 10.7. The van der Waals surface area contributed by atoms with Gasteiger partial charge in [-0.3, -0.25) is 4.79 Å². The number of rotatable bonds is 9. The highest BCUT2D eigenvalue weighted by Crippen LogP contribution is 1.88. The fourth-order valence-corrected chi connectivity index (χ4v) is 0.910. The topological polar surface area (TPSA) is 47.6 Å². The second-order valence-electron chi connectivity index (χ2n) is 3.07. The summed E-state index contributed by atoms with van der Waals surface area (Å²) in [6, 6.07) is 0. The summed E-state index contributed by atoms with van der Waals surface area (Å²) >= 11 is 0. The summed E-state index contributed by atoms with van der Waals surface area (Å²) in [5.41, 5.74) is 0. The summed E-state index contributed by atoms with van der Waals surface area (Å²) in [7, 11) is 1.39. The maximum Gasteiger partial charge on any atom is 0.319 e. The average molecular weight is 203 g/mol. The number of methoxy groups -OCH3 is 1. The van der Waals surface area contributed by atoms with Crippen LogP contribution < -0.4 is 5.32 Å². The van der Waals surface area contributed by atoms with E-state index < -0.39 is 0 Å². The van der Waals surface area contributed by atoms with Crippen molar-refractivity contribution in [2.75, 3.05) is 33.4 Å². The molecular weight excluding hydrogens is 182 g/mol. The van der Waals surface area contributed by atoms with E-state index in [1.807, 2.05) is 0 Å². The molecule has 0 aromatic heterocycles. The van der Waals surface area contributed by atoms with Crippen LogP contribution in [0.15, 0.2) is 0 Å². The Hall–Kier alpha value is -0.610. The van der Waals surface area contributed by atoms with Crippen molar-refractivity contribution in [2.45, 2.75) is 26.2 Å². The van der Waals surface area contributed by atoms with Gasteiger partial charge in [-0.2, -0.15) is 0 Å². The average Bonchev–Trinajstić information content (AvgIpc) is 2.21. The van der Waals surface area contributed by atoms with Gasteiger partial charge in [0.25, 0.3) is 0 Å². The molecule has 0 aromatic rings. The SMILES string of the molecule is CCCCOCCCNCC(=O)OC. The standard InChI is InChI=1S/C10H21NO3/c1-3-4-7-14-8-5-6-11-9-10(12)13-2/h11H,3-9H2,1-2H3. The van der Waals surface area contributed by atoms with Crippen LogP contribution in [-0.2, 0) is 14.3 Å². The van der Waals surface area contributed by atoms with E-state index in [2.05, 4.69) is 17.0 Å². The van der Waals surface area contributed by atoms with Crippen molar-refractivity contribution in [2.24, 2.45) is 0 Å². The van der Waals surface area contributed by atoms with Gasteiger partial charge in [-0.05, 0) is 19.4 Å². The fourth-order valence-electron chi connectivity index (χ4n) is 0.910. The van der Waals surface area contributed by atoms with Gasteiger partial charge in [0.15, 0.2) is 0 Å². The first kappa shape index (κ1) is 13.4. The third kappa shape index (κ3) is 9.48. The van der Waals surface area contributed by atoms with E-state index in [4.69, 9.17) is 4.74 Å². The molecule has 0 radical (unpaired) electrons. The Labute approximate surface area is 86.0 Å². The second-order valence-corrected chi connectivity index (χ2v) is 3.07. The van der Waals surface area contributed by atoms with E-state index in [0.717, 1.165) is 32.6 Å².